The summed E-state index contributed by atoms with van der Waals surface area (Å²) in [6, 6.07) is 9.18. The van der Waals surface area contributed by atoms with Gasteiger partial charge in [-0.15, -0.1) is 0 Å². The maximum Gasteiger partial charge on any atom is 0.0208 e. The minimum atomic E-state index is 0.194. The van der Waals surface area contributed by atoms with Crippen molar-refractivity contribution < 1.29 is 0 Å². The maximum atomic E-state index is 3.53. The van der Waals surface area contributed by atoms with Crippen molar-refractivity contribution in [1.82, 2.24) is 10.6 Å². The van der Waals surface area contributed by atoms with E-state index in [1.807, 2.05) is 0 Å². The SMILES string of the molecule is Cc1ccc(CNC(C)CNC(C)(C)C)cc1. The van der Waals surface area contributed by atoms with Crippen LogP contribution in [0.1, 0.15) is 38.8 Å². The first-order valence-corrected chi connectivity index (χ1v) is 6.41. The molecule has 0 radical (unpaired) electrons. The van der Waals surface area contributed by atoms with Crippen molar-refractivity contribution in [2.24, 2.45) is 0 Å². The third-order valence-electron chi connectivity index (χ3n) is 2.71. The average Bonchev–Trinajstić information content (AvgIpc) is 2.25. The molecule has 0 bridgehead atoms. The molecule has 2 heteroatoms. The molecule has 0 aliphatic rings. The molecule has 1 rings (SSSR count). The van der Waals surface area contributed by atoms with Crippen LogP contribution >= 0.6 is 0 Å². The summed E-state index contributed by atoms with van der Waals surface area (Å²) >= 11 is 0. The smallest absolute Gasteiger partial charge is 0.0208 e. The molecule has 0 spiro atoms. The van der Waals surface area contributed by atoms with Gasteiger partial charge < -0.3 is 10.6 Å². The van der Waals surface area contributed by atoms with E-state index in [-0.39, 0.29) is 5.54 Å². The van der Waals surface area contributed by atoms with Crippen LogP contribution in [0.3, 0.4) is 0 Å². The van der Waals surface area contributed by atoms with E-state index in [0.29, 0.717) is 6.04 Å². The van der Waals surface area contributed by atoms with Gasteiger partial charge in [-0.3, -0.25) is 0 Å². The summed E-state index contributed by atoms with van der Waals surface area (Å²) in [5.74, 6) is 0. The van der Waals surface area contributed by atoms with Gasteiger partial charge in [-0.1, -0.05) is 29.8 Å². The summed E-state index contributed by atoms with van der Waals surface area (Å²) in [4.78, 5) is 0. The van der Waals surface area contributed by atoms with E-state index in [9.17, 15) is 0 Å². The van der Waals surface area contributed by atoms with Crippen LogP contribution in [-0.4, -0.2) is 18.1 Å². The molecule has 0 aromatic heterocycles. The zero-order chi connectivity index (χ0) is 12.9. The van der Waals surface area contributed by atoms with E-state index >= 15 is 0 Å². The Hall–Kier alpha value is -0.860. The van der Waals surface area contributed by atoms with Crippen LogP contribution in [0.4, 0.5) is 0 Å². The lowest BCUT2D eigenvalue weighted by atomic mass is 10.1. The largest absolute Gasteiger partial charge is 0.311 e. The summed E-state index contributed by atoms with van der Waals surface area (Å²) < 4.78 is 0. The third-order valence-corrected chi connectivity index (χ3v) is 2.71. The summed E-state index contributed by atoms with van der Waals surface area (Å²) in [7, 11) is 0. The number of aryl methyl sites for hydroxylation is 1. The van der Waals surface area contributed by atoms with Crippen molar-refractivity contribution in [2.45, 2.75) is 52.7 Å². The molecule has 17 heavy (non-hydrogen) atoms. The zero-order valence-electron chi connectivity index (χ0n) is 11.8. The molecular weight excluding hydrogens is 208 g/mol. The lowest BCUT2D eigenvalue weighted by molar-refractivity contribution is 0.387. The first-order valence-electron chi connectivity index (χ1n) is 6.41. The normalized spacial score (nSPS) is 13.7. The van der Waals surface area contributed by atoms with E-state index in [2.05, 4.69) is 69.5 Å². The fourth-order valence-corrected chi connectivity index (χ4v) is 1.53. The molecular formula is C15H26N2. The number of nitrogens with one attached hydrogen (secondary N) is 2. The number of rotatable bonds is 5. The highest BCUT2D eigenvalue weighted by atomic mass is 15.0. The molecule has 2 nitrogen and oxygen atoms in total. The standard InChI is InChI=1S/C15H26N2/c1-12-6-8-14(9-7-12)11-16-13(2)10-17-15(3,4)5/h6-9,13,16-17H,10-11H2,1-5H3. The van der Waals surface area contributed by atoms with Gasteiger partial charge in [0.15, 0.2) is 0 Å². The molecule has 0 aliphatic carbocycles. The minimum absolute atomic E-state index is 0.194. The fourth-order valence-electron chi connectivity index (χ4n) is 1.53. The molecule has 0 saturated heterocycles. The maximum absolute atomic E-state index is 3.53. The zero-order valence-corrected chi connectivity index (χ0v) is 11.8. The van der Waals surface area contributed by atoms with E-state index in [4.69, 9.17) is 0 Å². The monoisotopic (exact) mass is 234 g/mol. The number of hydrogen-bond acceptors (Lipinski definition) is 2. The van der Waals surface area contributed by atoms with Gasteiger partial charge in [-0.2, -0.15) is 0 Å². The molecule has 0 amide bonds. The van der Waals surface area contributed by atoms with Gasteiger partial charge >= 0.3 is 0 Å². The fraction of sp³-hybridized carbons (Fsp3) is 0.600. The Labute approximate surface area is 106 Å². The van der Waals surface area contributed by atoms with Crippen LogP contribution < -0.4 is 10.6 Å². The molecule has 1 aromatic rings. The van der Waals surface area contributed by atoms with Gasteiger partial charge in [0.25, 0.3) is 0 Å². The van der Waals surface area contributed by atoms with Crippen molar-refractivity contribution in [3.8, 4) is 0 Å². The summed E-state index contributed by atoms with van der Waals surface area (Å²) in [6.45, 7) is 12.8. The van der Waals surface area contributed by atoms with Crippen molar-refractivity contribution in [2.75, 3.05) is 6.54 Å². The second-order valence-electron chi connectivity index (χ2n) is 5.90. The molecule has 0 heterocycles. The Morgan fingerprint density at radius 2 is 1.71 bits per heavy atom. The molecule has 0 saturated carbocycles. The first kappa shape index (κ1) is 14.2. The predicted molar refractivity (Wildman–Crippen MR) is 75.2 cm³/mol. The van der Waals surface area contributed by atoms with Gasteiger partial charge in [0.1, 0.15) is 0 Å². The lowest BCUT2D eigenvalue weighted by Gasteiger charge is -2.24. The Morgan fingerprint density at radius 3 is 2.24 bits per heavy atom. The topological polar surface area (TPSA) is 24.1 Å². The quantitative estimate of drug-likeness (QED) is 0.818. The summed E-state index contributed by atoms with van der Waals surface area (Å²) in [6.07, 6.45) is 0. The van der Waals surface area contributed by atoms with Crippen LogP contribution in [0.5, 0.6) is 0 Å². The molecule has 2 N–H and O–H groups in total. The highest BCUT2D eigenvalue weighted by Gasteiger charge is 2.10. The van der Waals surface area contributed by atoms with Crippen molar-refractivity contribution in [3.05, 3.63) is 35.4 Å². The molecule has 96 valence electrons. The highest BCUT2D eigenvalue weighted by Crippen LogP contribution is 2.03. The van der Waals surface area contributed by atoms with Crippen LogP contribution in [0, 0.1) is 6.92 Å². The Bertz CT molecular complexity index is 322. The highest BCUT2D eigenvalue weighted by molar-refractivity contribution is 5.21. The lowest BCUT2D eigenvalue weighted by Crippen LogP contribution is -2.44. The number of hydrogen-bond donors (Lipinski definition) is 2. The molecule has 1 unspecified atom stereocenters. The van der Waals surface area contributed by atoms with E-state index in [0.717, 1.165) is 13.1 Å². The van der Waals surface area contributed by atoms with E-state index < -0.39 is 0 Å². The van der Waals surface area contributed by atoms with Gasteiger partial charge in [0.2, 0.25) is 0 Å². The Balaban J connectivity index is 2.28. The Kier molecular flexibility index (Phi) is 5.16. The van der Waals surface area contributed by atoms with Crippen molar-refractivity contribution >= 4 is 0 Å². The molecule has 0 aliphatic heterocycles. The predicted octanol–water partition coefficient (Wildman–Crippen LogP) is 2.86. The Morgan fingerprint density at radius 1 is 1.12 bits per heavy atom. The first-order chi connectivity index (χ1) is 7.87. The van der Waals surface area contributed by atoms with Crippen LogP contribution in [0.25, 0.3) is 0 Å². The average molecular weight is 234 g/mol. The minimum Gasteiger partial charge on any atom is -0.311 e. The molecule has 1 atom stereocenters. The molecule has 1 aromatic carbocycles. The van der Waals surface area contributed by atoms with Gasteiger partial charge in [-0.25, -0.2) is 0 Å². The van der Waals surface area contributed by atoms with E-state index in [1.165, 1.54) is 11.1 Å². The van der Waals surface area contributed by atoms with Crippen molar-refractivity contribution in [1.29, 1.82) is 0 Å². The van der Waals surface area contributed by atoms with Crippen LogP contribution in [-0.2, 0) is 6.54 Å². The molecule has 0 fully saturated rings. The van der Waals surface area contributed by atoms with Gasteiger partial charge in [0, 0.05) is 24.7 Å². The second-order valence-corrected chi connectivity index (χ2v) is 5.90. The van der Waals surface area contributed by atoms with Gasteiger partial charge in [0.05, 0.1) is 0 Å². The van der Waals surface area contributed by atoms with E-state index in [1.54, 1.807) is 0 Å². The van der Waals surface area contributed by atoms with Crippen molar-refractivity contribution in [3.63, 3.8) is 0 Å². The second kappa shape index (κ2) is 6.18. The third kappa shape index (κ3) is 6.44. The van der Waals surface area contributed by atoms with Gasteiger partial charge in [-0.05, 0) is 40.2 Å². The number of benzene rings is 1. The van der Waals surface area contributed by atoms with Crippen LogP contribution in [0.15, 0.2) is 24.3 Å². The summed E-state index contributed by atoms with van der Waals surface area (Å²) in [5, 5.41) is 7.03. The van der Waals surface area contributed by atoms with Crippen LogP contribution in [0.2, 0.25) is 0 Å². The summed E-state index contributed by atoms with van der Waals surface area (Å²) in [5.41, 5.74) is 2.86.